The van der Waals surface area contributed by atoms with Gasteiger partial charge in [0.1, 0.15) is 18.0 Å². The van der Waals surface area contributed by atoms with Crippen molar-refractivity contribution in [3.05, 3.63) is 105 Å². The van der Waals surface area contributed by atoms with Crippen molar-refractivity contribution >= 4 is 33.6 Å². The van der Waals surface area contributed by atoms with Crippen molar-refractivity contribution in [2.45, 2.75) is 49.8 Å². The predicted molar refractivity (Wildman–Crippen MR) is 173 cm³/mol. The molecule has 0 radical (unpaired) electrons. The summed E-state index contributed by atoms with van der Waals surface area (Å²) < 4.78 is 50.9. The van der Waals surface area contributed by atoms with Crippen LogP contribution in [-0.2, 0) is 30.7 Å². The molecule has 1 N–H and O–H groups in total. The largest absolute Gasteiger partial charge is 0.514 e. The van der Waals surface area contributed by atoms with Gasteiger partial charge in [-0.2, -0.15) is 4.31 Å². The lowest BCUT2D eigenvalue weighted by Crippen LogP contribution is -2.53. The number of rotatable bonds is 15. The zero-order valence-corrected chi connectivity index (χ0v) is 27.5. The Morgan fingerprint density at radius 1 is 0.939 bits per heavy atom. The molecular formula is C32H36N4O12S. The molecule has 0 aromatic heterocycles. The number of nitro groups is 2. The molecule has 1 aliphatic rings. The van der Waals surface area contributed by atoms with E-state index in [0.29, 0.717) is 18.6 Å². The first kappa shape index (κ1) is 36.7. The number of hydrogen-bond acceptors (Lipinski definition) is 12. The maximum atomic E-state index is 14.0. The zero-order chi connectivity index (χ0) is 35.6. The quantitative estimate of drug-likeness (QED) is 0.0976. The number of amides is 1. The number of ether oxygens (including phenoxy) is 4. The number of benzene rings is 3. The number of carbonyl (C=O) groups is 2. The summed E-state index contributed by atoms with van der Waals surface area (Å²) in [5.41, 5.74) is 0.170. The highest BCUT2D eigenvalue weighted by atomic mass is 32.2. The topological polar surface area (TPSA) is 207 Å². The maximum absolute atomic E-state index is 14.0. The summed E-state index contributed by atoms with van der Waals surface area (Å²) in [7, 11) is -4.34. The third kappa shape index (κ3) is 10.7. The molecule has 16 nitrogen and oxygen atoms in total. The van der Waals surface area contributed by atoms with Gasteiger partial charge in [0.2, 0.25) is 10.0 Å². The Morgan fingerprint density at radius 2 is 1.55 bits per heavy atom. The van der Waals surface area contributed by atoms with Crippen molar-refractivity contribution in [2.75, 3.05) is 26.3 Å². The van der Waals surface area contributed by atoms with Crippen LogP contribution in [0.3, 0.4) is 0 Å². The predicted octanol–water partition coefficient (Wildman–Crippen LogP) is 4.86. The lowest BCUT2D eigenvalue weighted by molar-refractivity contribution is -0.385. The summed E-state index contributed by atoms with van der Waals surface area (Å²) in [5.74, 6) is -0.312. The highest BCUT2D eigenvalue weighted by Crippen LogP contribution is 2.24. The molecule has 1 aliphatic heterocycles. The standard InChI is InChI=1S/C32H36N4O12S/c1-22(2)19-34(49(43,44)28-14-10-25(11-15-28)36(41)42)20-30(48-32(38)47-26-12-8-24(9-13-26)35(39)40)29(18-23-6-4-3-5-7-23)33-31(37)46-27-16-17-45-21-27/h3-15,22,27,29-30H,16-21H2,1-2H3,(H,33,37). The van der Waals surface area contributed by atoms with Gasteiger partial charge in [0, 0.05) is 37.2 Å². The fourth-order valence-corrected chi connectivity index (χ4v) is 6.60. The molecule has 0 spiro atoms. The van der Waals surface area contributed by atoms with Crippen molar-refractivity contribution in [2.24, 2.45) is 5.92 Å². The smallest absolute Gasteiger partial charge is 0.444 e. The Kier molecular flexibility index (Phi) is 12.6. The summed E-state index contributed by atoms with van der Waals surface area (Å²) in [6.07, 6.45) is -3.46. The van der Waals surface area contributed by atoms with Crippen LogP contribution >= 0.6 is 0 Å². The molecule has 4 rings (SSSR count). The van der Waals surface area contributed by atoms with Gasteiger partial charge in [-0.25, -0.2) is 18.0 Å². The van der Waals surface area contributed by atoms with Crippen LogP contribution in [0, 0.1) is 26.1 Å². The first-order chi connectivity index (χ1) is 23.3. The number of hydrogen-bond donors (Lipinski definition) is 1. The molecule has 3 aromatic rings. The van der Waals surface area contributed by atoms with E-state index in [0.717, 1.165) is 40.7 Å². The van der Waals surface area contributed by atoms with Gasteiger partial charge in [-0.3, -0.25) is 20.2 Å². The summed E-state index contributed by atoms with van der Waals surface area (Å²) in [4.78, 5) is 47.1. The SMILES string of the molecule is CC(C)CN(CC(OC(=O)Oc1ccc([N+](=O)[O-])cc1)C(Cc1ccccc1)NC(=O)OC1CCOC1)S(=O)(=O)c1ccc([N+](=O)[O-])cc1. The van der Waals surface area contributed by atoms with E-state index < -0.39 is 56.9 Å². The van der Waals surface area contributed by atoms with E-state index in [9.17, 15) is 38.2 Å². The molecule has 3 aromatic carbocycles. The molecule has 1 saturated heterocycles. The van der Waals surface area contributed by atoms with Crippen LogP contribution < -0.4 is 10.1 Å². The van der Waals surface area contributed by atoms with E-state index in [-0.39, 0.29) is 47.5 Å². The number of alkyl carbamates (subject to hydrolysis) is 1. The average molecular weight is 701 g/mol. The number of nitro benzene ring substituents is 2. The summed E-state index contributed by atoms with van der Waals surface area (Å²) >= 11 is 0. The highest BCUT2D eigenvalue weighted by Gasteiger charge is 2.36. The van der Waals surface area contributed by atoms with Gasteiger partial charge in [0.15, 0.2) is 0 Å². The molecule has 262 valence electrons. The van der Waals surface area contributed by atoms with Crippen LogP contribution in [0.5, 0.6) is 5.75 Å². The normalized spacial score (nSPS) is 15.7. The summed E-state index contributed by atoms with van der Waals surface area (Å²) in [6, 6.07) is 16.8. The second-order valence-electron chi connectivity index (χ2n) is 11.6. The number of carbonyl (C=O) groups excluding carboxylic acids is 2. The minimum Gasteiger partial charge on any atom is -0.444 e. The Morgan fingerprint density at radius 3 is 2.10 bits per heavy atom. The lowest BCUT2D eigenvalue weighted by Gasteiger charge is -2.32. The van der Waals surface area contributed by atoms with Crippen LogP contribution in [0.15, 0.2) is 83.8 Å². The third-order valence-electron chi connectivity index (χ3n) is 7.35. The first-order valence-electron chi connectivity index (χ1n) is 15.3. The number of non-ortho nitro benzene ring substituents is 2. The second kappa shape index (κ2) is 16.8. The molecule has 1 amide bonds. The third-order valence-corrected chi connectivity index (χ3v) is 9.19. The van der Waals surface area contributed by atoms with Gasteiger partial charge >= 0.3 is 12.2 Å². The Bertz CT molecular complexity index is 1700. The molecule has 17 heteroatoms. The van der Waals surface area contributed by atoms with E-state index in [1.165, 1.54) is 12.1 Å². The van der Waals surface area contributed by atoms with Crippen molar-refractivity contribution in [1.29, 1.82) is 0 Å². The van der Waals surface area contributed by atoms with Crippen LogP contribution in [-0.4, -0.2) is 79.4 Å². The van der Waals surface area contributed by atoms with Crippen molar-refractivity contribution in [3.63, 3.8) is 0 Å². The van der Waals surface area contributed by atoms with Gasteiger partial charge in [-0.15, -0.1) is 0 Å². The van der Waals surface area contributed by atoms with Gasteiger partial charge < -0.3 is 24.3 Å². The molecule has 0 aliphatic carbocycles. The van der Waals surface area contributed by atoms with E-state index in [2.05, 4.69) is 5.32 Å². The van der Waals surface area contributed by atoms with E-state index in [1.54, 1.807) is 44.2 Å². The van der Waals surface area contributed by atoms with E-state index in [4.69, 9.17) is 18.9 Å². The highest BCUT2D eigenvalue weighted by molar-refractivity contribution is 7.89. The average Bonchev–Trinajstić information content (AvgIpc) is 3.57. The van der Waals surface area contributed by atoms with Crippen LogP contribution in [0.2, 0.25) is 0 Å². The summed E-state index contributed by atoms with van der Waals surface area (Å²) in [5, 5.41) is 25.0. The molecule has 1 fully saturated rings. The molecule has 3 atom stereocenters. The van der Waals surface area contributed by atoms with Crippen molar-refractivity contribution in [3.8, 4) is 5.75 Å². The lowest BCUT2D eigenvalue weighted by atomic mass is 10.0. The number of nitrogens with zero attached hydrogens (tertiary/aromatic N) is 3. The van der Waals surface area contributed by atoms with Crippen LogP contribution in [0.4, 0.5) is 21.0 Å². The molecule has 3 unspecified atom stereocenters. The maximum Gasteiger partial charge on any atom is 0.514 e. The molecular weight excluding hydrogens is 664 g/mol. The number of nitrogens with one attached hydrogen (secondary N) is 1. The fourth-order valence-electron chi connectivity index (χ4n) is 4.98. The molecule has 1 heterocycles. The van der Waals surface area contributed by atoms with Crippen molar-refractivity contribution in [1.82, 2.24) is 9.62 Å². The van der Waals surface area contributed by atoms with Gasteiger partial charge in [0.05, 0.1) is 40.5 Å². The minimum absolute atomic E-state index is 0.0570. The monoisotopic (exact) mass is 700 g/mol. The molecule has 0 saturated carbocycles. The zero-order valence-electron chi connectivity index (χ0n) is 26.7. The van der Waals surface area contributed by atoms with Crippen LogP contribution in [0.25, 0.3) is 0 Å². The van der Waals surface area contributed by atoms with Gasteiger partial charge in [-0.05, 0) is 42.2 Å². The summed E-state index contributed by atoms with van der Waals surface area (Å²) in [6.45, 7) is 3.63. The fraction of sp³-hybridized carbons (Fsp3) is 0.375. The Hall–Kier alpha value is -5.13. The van der Waals surface area contributed by atoms with Crippen LogP contribution in [0.1, 0.15) is 25.8 Å². The first-order valence-corrected chi connectivity index (χ1v) is 16.7. The minimum atomic E-state index is -4.34. The van der Waals surface area contributed by atoms with Crippen molar-refractivity contribution < 1.29 is 46.8 Å². The molecule has 49 heavy (non-hydrogen) atoms. The van der Waals surface area contributed by atoms with Gasteiger partial charge in [0.25, 0.3) is 11.4 Å². The molecule has 0 bridgehead atoms. The van der Waals surface area contributed by atoms with E-state index in [1.807, 2.05) is 0 Å². The Balaban J connectivity index is 1.69. The number of sulfonamides is 1. The van der Waals surface area contributed by atoms with E-state index >= 15 is 0 Å². The van der Waals surface area contributed by atoms with Gasteiger partial charge in [-0.1, -0.05) is 44.2 Å². The second-order valence-corrected chi connectivity index (χ2v) is 13.5. The Labute approximate surface area is 282 Å².